The van der Waals surface area contributed by atoms with Crippen molar-refractivity contribution in [2.45, 2.75) is 44.6 Å². The molecule has 2 heterocycles. The molecule has 0 aromatic carbocycles. The minimum atomic E-state index is 0. The Bertz CT molecular complexity index is 612. The molecule has 0 radical (unpaired) electrons. The van der Waals surface area contributed by atoms with Gasteiger partial charge in [0.05, 0.1) is 0 Å². The van der Waals surface area contributed by atoms with E-state index in [-0.39, 0.29) is 29.9 Å². The maximum Gasteiger partial charge on any atom is 0.225 e. The normalized spacial score (nSPS) is 24.2. The molecule has 158 valence electrons. The molecule has 2 N–H and O–H groups in total. The van der Waals surface area contributed by atoms with Crippen molar-refractivity contribution >= 4 is 58.9 Å². The second-order valence-corrected chi connectivity index (χ2v) is 9.70. The molecular formula is C20H33IN4OS2. The van der Waals surface area contributed by atoms with Crippen molar-refractivity contribution in [3.05, 3.63) is 22.4 Å². The van der Waals surface area contributed by atoms with E-state index in [0.29, 0.717) is 17.9 Å². The molecule has 3 rings (SSSR count). The van der Waals surface area contributed by atoms with Gasteiger partial charge in [-0.15, -0.1) is 35.3 Å². The van der Waals surface area contributed by atoms with E-state index in [4.69, 9.17) is 0 Å². The van der Waals surface area contributed by atoms with Gasteiger partial charge in [0.25, 0.3) is 0 Å². The number of amides is 1. The molecule has 5 nitrogen and oxygen atoms in total. The summed E-state index contributed by atoms with van der Waals surface area (Å²) in [5.74, 6) is 4.14. The number of rotatable bonds is 5. The second-order valence-electron chi connectivity index (χ2n) is 7.50. The van der Waals surface area contributed by atoms with Gasteiger partial charge in [-0.1, -0.05) is 13.0 Å². The number of halogens is 1. The lowest BCUT2D eigenvalue weighted by Gasteiger charge is -2.34. The molecule has 1 atom stereocenters. The first-order chi connectivity index (χ1) is 13.2. The van der Waals surface area contributed by atoms with Gasteiger partial charge in [0, 0.05) is 60.9 Å². The number of hydrogen-bond acceptors (Lipinski definition) is 4. The van der Waals surface area contributed by atoms with Crippen molar-refractivity contribution in [3.8, 4) is 0 Å². The van der Waals surface area contributed by atoms with E-state index >= 15 is 0 Å². The molecule has 0 bridgehead atoms. The van der Waals surface area contributed by atoms with Gasteiger partial charge < -0.3 is 15.5 Å². The molecule has 1 amide bonds. The molecule has 2 aliphatic rings. The van der Waals surface area contributed by atoms with Crippen LogP contribution in [0.15, 0.2) is 22.5 Å². The van der Waals surface area contributed by atoms with Crippen LogP contribution in [0.2, 0.25) is 0 Å². The van der Waals surface area contributed by atoms with Gasteiger partial charge in [0.1, 0.15) is 0 Å². The summed E-state index contributed by atoms with van der Waals surface area (Å²) in [4.78, 5) is 20.6. The van der Waals surface area contributed by atoms with Gasteiger partial charge in [-0.2, -0.15) is 11.8 Å². The molecule has 28 heavy (non-hydrogen) atoms. The Morgan fingerprint density at radius 3 is 2.61 bits per heavy atom. The van der Waals surface area contributed by atoms with E-state index < -0.39 is 0 Å². The topological polar surface area (TPSA) is 56.7 Å². The Hall–Kier alpha value is -0.480. The van der Waals surface area contributed by atoms with E-state index in [2.05, 4.69) is 45.0 Å². The van der Waals surface area contributed by atoms with Crippen molar-refractivity contribution < 1.29 is 4.79 Å². The summed E-state index contributed by atoms with van der Waals surface area (Å²) in [7, 11) is 1.83. The third-order valence-electron chi connectivity index (χ3n) is 5.57. The average Bonchev–Trinajstić information content (AvgIpc) is 3.26. The number of guanidine groups is 1. The number of thiophene rings is 1. The van der Waals surface area contributed by atoms with Crippen LogP contribution in [0.4, 0.5) is 0 Å². The van der Waals surface area contributed by atoms with E-state index in [0.717, 1.165) is 62.8 Å². The molecule has 8 heteroatoms. The fourth-order valence-electron chi connectivity index (χ4n) is 3.84. The minimum Gasteiger partial charge on any atom is -0.356 e. The quantitative estimate of drug-likeness (QED) is 0.342. The Kier molecular flexibility index (Phi) is 10.4. The highest BCUT2D eigenvalue weighted by molar-refractivity contribution is 14.0. The van der Waals surface area contributed by atoms with Crippen LogP contribution >= 0.6 is 47.1 Å². The molecule has 1 aliphatic heterocycles. The second kappa shape index (κ2) is 12.3. The number of nitrogens with one attached hydrogen (secondary N) is 2. The lowest BCUT2D eigenvalue weighted by molar-refractivity contribution is -0.136. The fraction of sp³-hybridized carbons (Fsp3) is 0.700. The summed E-state index contributed by atoms with van der Waals surface area (Å²) in [5.41, 5.74) is 0. The first kappa shape index (κ1) is 23.8. The summed E-state index contributed by atoms with van der Waals surface area (Å²) in [6, 6.07) is 4.70. The van der Waals surface area contributed by atoms with Gasteiger partial charge in [-0.3, -0.25) is 9.79 Å². The number of carbonyl (C=O) groups excluding carboxylic acids is 1. The number of carbonyl (C=O) groups is 1. The van der Waals surface area contributed by atoms with E-state index in [9.17, 15) is 4.79 Å². The molecule has 1 aliphatic carbocycles. The molecule has 2 fully saturated rings. The standard InChI is InChI=1S/C20H32N4OS2.HI/c1-15(18-4-3-11-27-18)14-22-20(21-2)23-17-7-5-16(6-8-17)19(25)24-9-12-26-13-10-24;/h3-4,11,15-17H,5-10,12-14H2,1-2H3,(H2,21,22,23);1H. The van der Waals surface area contributed by atoms with Crippen LogP contribution in [0.5, 0.6) is 0 Å². The molecule has 1 aromatic heterocycles. The van der Waals surface area contributed by atoms with Crippen LogP contribution in [-0.2, 0) is 4.79 Å². The van der Waals surface area contributed by atoms with Crippen LogP contribution in [0.1, 0.15) is 43.4 Å². The van der Waals surface area contributed by atoms with Crippen LogP contribution < -0.4 is 10.6 Å². The average molecular weight is 537 g/mol. The summed E-state index contributed by atoms with van der Waals surface area (Å²) in [6.45, 7) is 4.98. The highest BCUT2D eigenvalue weighted by Crippen LogP contribution is 2.27. The van der Waals surface area contributed by atoms with E-state index in [1.165, 1.54) is 4.88 Å². The fourth-order valence-corrected chi connectivity index (χ4v) is 5.53. The van der Waals surface area contributed by atoms with E-state index in [1.54, 1.807) is 11.3 Å². The monoisotopic (exact) mass is 536 g/mol. The summed E-state index contributed by atoms with van der Waals surface area (Å²) in [5, 5.41) is 9.14. The summed E-state index contributed by atoms with van der Waals surface area (Å²) in [6.07, 6.45) is 4.06. The summed E-state index contributed by atoms with van der Waals surface area (Å²) < 4.78 is 0. The zero-order valence-electron chi connectivity index (χ0n) is 16.9. The highest BCUT2D eigenvalue weighted by atomic mass is 127. The Morgan fingerprint density at radius 2 is 2.00 bits per heavy atom. The first-order valence-electron chi connectivity index (χ1n) is 10.0. The zero-order chi connectivity index (χ0) is 19.1. The lowest BCUT2D eigenvalue weighted by atomic mass is 9.85. The smallest absolute Gasteiger partial charge is 0.225 e. The van der Waals surface area contributed by atoms with E-state index in [1.807, 2.05) is 18.8 Å². The van der Waals surface area contributed by atoms with Crippen molar-refractivity contribution in [2.75, 3.05) is 38.2 Å². The van der Waals surface area contributed by atoms with Gasteiger partial charge in [-0.05, 0) is 37.1 Å². The maximum atomic E-state index is 12.7. The zero-order valence-corrected chi connectivity index (χ0v) is 20.8. The van der Waals surface area contributed by atoms with Gasteiger partial charge in [0.15, 0.2) is 5.96 Å². The predicted molar refractivity (Wildman–Crippen MR) is 132 cm³/mol. The number of thioether (sulfide) groups is 1. The van der Waals surface area contributed by atoms with Gasteiger partial charge in [0.2, 0.25) is 5.91 Å². The van der Waals surface area contributed by atoms with Gasteiger partial charge >= 0.3 is 0 Å². The van der Waals surface area contributed by atoms with Crippen LogP contribution in [0.3, 0.4) is 0 Å². The third kappa shape index (κ3) is 6.79. The van der Waals surface area contributed by atoms with Crippen LogP contribution in [-0.4, -0.2) is 61.0 Å². The predicted octanol–water partition coefficient (Wildman–Crippen LogP) is 3.77. The minimum absolute atomic E-state index is 0. The molecular weight excluding hydrogens is 503 g/mol. The SMILES string of the molecule is CN=C(NCC(C)c1cccs1)NC1CCC(C(=O)N2CCSCC2)CC1.I. The Morgan fingerprint density at radius 1 is 1.29 bits per heavy atom. The first-order valence-corrected chi connectivity index (χ1v) is 12.1. The number of aliphatic imine (C=N–C) groups is 1. The molecule has 1 aromatic rings. The maximum absolute atomic E-state index is 12.7. The van der Waals surface area contributed by atoms with Crippen LogP contribution in [0, 0.1) is 5.92 Å². The highest BCUT2D eigenvalue weighted by Gasteiger charge is 2.30. The van der Waals surface area contributed by atoms with Crippen molar-refractivity contribution in [2.24, 2.45) is 10.9 Å². The largest absolute Gasteiger partial charge is 0.356 e. The molecule has 1 unspecified atom stereocenters. The Balaban J connectivity index is 0.00000280. The van der Waals surface area contributed by atoms with Gasteiger partial charge in [-0.25, -0.2) is 0 Å². The van der Waals surface area contributed by atoms with Crippen LogP contribution in [0.25, 0.3) is 0 Å². The molecule has 0 spiro atoms. The number of hydrogen-bond donors (Lipinski definition) is 2. The molecule has 1 saturated carbocycles. The summed E-state index contributed by atoms with van der Waals surface area (Å²) >= 11 is 3.76. The third-order valence-corrected chi connectivity index (χ3v) is 7.61. The Labute approximate surface area is 194 Å². The van der Waals surface area contributed by atoms with Crippen molar-refractivity contribution in [3.63, 3.8) is 0 Å². The van der Waals surface area contributed by atoms with Crippen molar-refractivity contribution in [1.82, 2.24) is 15.5 Å². The van der Waals surface area contributed by atoms with Crippen molar-refractivity contribution in [1.29, 1.82) is 0 Å². The lowest BCUT2D eigenvalue weighted by Crippen LogP contribution is -2.47. The number of nitrogens with zero attached hydrogens (tertiary/aromatic N) is 2. The molecule has 1 saturated heterocycles.